The van der Waals surface area contributed by atoms with Crippen molar-refractivity contribution in [2.24, 2.45) is 0 Å². The third-order valence-corrected chi connectivity index (χ3v) is 3.64. The van der Waals surface area contributed by atoms with Gasteiger partial charge in [-0.3, -0.25) is 4.90 Å². The summed E-state index contributed by atoms with van der Waals surface area (Å²) in [5.74, 6) is 0. The van der Waals surface area contributed by atoms with Crippen molar-refractivity contribution in [2.75, 3.05) is 19.7 Å². The van der Waals surface area contributed by atoms with Gasteiger partial charge in [0.2, 0.25) is 0 Å². The first-order valence-corrected chi connectivity index (χ1v) is 5.57. The molecule has 0 saturated carbocycles. The molecular weight excluding hydrogens is 176 g/mol. The molecule has 0 spiro atoms. The van der Waals surface area contributed by atoms with Crippen molar-refractivity contribution in [3.05, 3.63) is 0 Å². The molecule has 2 aliphatic rings. The lowest BCUT2D eigenvalue weighted by Gasteiger charge is -2.40. The van der Waals surface area contributed by atoms with Gasteiger partial charge in [-0.25, -0.2) is 0 Å². The zero-order chi connectivity index (χ0) is 10.0. The molecule has 0 amide bonds. The maximum atomic E-state index is 9.37. The fraction of sp³-hybridized carbons (Fsp3) is 0.909. The second kappa shape index (κ2) is 3.88. The number of nitrogens with zero attached hydrogens (tertiary/aromatic N) is 2. The maximum absolute atomic E-state index is 9.37. The van der Waals surface area contributed by atoms with E-state index in [-0.39, 0.29) is 11.6 Å². The molecule has 0 N–H and O–H groups in total. The number of nitriles is 1. The van der Waals surface area contributed by atoms with E-state index < -0.39 is 0 Å². The number of rotatable bonds is 1. The van der Waals surface area contributed by atoms with E-state index in [9.17, 15) is 5.26 Å². The molecule has 2 unspecified atom stereocenters. The Kier molecular flexibility index (Phi) is 2.76. The zero-order valence-electron chi connectivity index (χ0n) is 8.83. The fourth-order valence-corrected chi connectivity index (χ4v) is 2.66. The molecule has 0 radical (unpaired) electrons. The van der Waals surface area contributed by atoms with Gasteiger partial charge in [0, 0.05) is 13.0 Å². The van der Waals surface area contributed by atoms with Gasteiger partial charge in [0.15, 0.2) is 0 Å². The molecular formula is C11H18N2O. The normalized spacial score (nSPS) is 39.6. The van der Waals surface area contributed by atoms with Crippen LogP contribution in [0.2, 0.25) is 0 Å². The molecule has 2 heterocycles. The Balaban J connectivity index is 2.14. The average Bonchev–Trinajstić information content (AvgIpc) is 2.62. The van der Waals surface area contributed by atoms with Crippen molar-refractivity contribution in [3.8, 4) is 6.07 Å². The van der Waals surface area contributed by atoms with Crippen molar-refractivity contribution in [1.29, 1.82) is 5.26 Å². The topological polar surface area (TPSA) is 36.3 Å². The van der Waals surface area contributed by atoms with Crippen LogP contribution in [0.4, 0.5) is 0 Å². The highest BCUT2D eigenvalue weighted by Crippen LogP contribution is 2.33. The van der Waals surface area contributed by atoms with Crippen LogP contribution in [0.25, 0.3) is 0 Å². The summed E-state index contributed by atoms with van der Waals surface area (Å²) in [6, 6.07) is 2.50. The molecule has 0 aromatic heterocycles. The third-order valence-electron chi connectivity index (χ3n) is 3.64. The molecule has 3 heteroatoms. The number of ether oxygens (including phenoxy) is 1. The van der Waals surface area contributed by atoms with Gasteiger partial charge in [0.25, 0.3) is 0 Å². The second-order valence-electron chi connectivity index (χ2n) is 4.35. The van der Waals surface area contributed by atoms with Gasteiger partial charge < -0.3 is 4.74 Å². The fourth-order valence-electron chi connectivity index (χ4n) is 2.66. The predicted octanol–water partition coefficient (Wildman–Crippen LogP) is 1.54. The summed E-state index contributed by atoms with van der Waals surface area (Å²) >= 11 is 0. The SMILES string of the molecule is CC1OCCC1(C#N)N1CCCCC1. The molecule has 2 saturated heterocycles. The number of likely N-dealkylation sites (tertiary alicyclic amines) is 1. The molecule has 14 heavy (non-hydrogen) atoms. The largest absolute Gasteiger partial charge is 0.375 e. The van der Waals surface area contributed by atoms with E-state index in [0.29, 0.717) is 0 Å². The van der Waals surface area contributed by atoms with E-state index >= 15 is 0 Å². The lowest BCUT2D eigenvalue weighted by atomic mass is 9.89. The Morgan fingerprint density at radius 3 is 2.57 bits per heavy atom. The molecule has 2 rings (SSSR count). The number of hydrogen-bond acceptors (Lipinski definition) is 3. The van der Waals surface area contributed by atoms with E-state index in [1.54, 1.807) is 0 Å². The molecule has 78 valence electrons. The highest BCUT2D eigenvalue weighted by molar-refractivity contribution is 5.15. The van der Waals surface area contributed by atoms with Crippen LogP contribution < -0.4 is 0 Å². The molecule has 0 aromatic carbocycles. The van der Waals surface area contributed by atoms with Crippen molar-refractivity contribution < 1.29 is 4.74 Å². The highest BCUT2D eigenvalue weighted by Gasteiger charge is 2.46. The monoisotopic (exact) mass is 194 g/mol. The van der Waals surface area contributed by atoms with Gasteiger partial charge in [-0.05, 0) is 32.9 Å². The second-order valence-corrected chi connectivity index (χ2v) is 4.35. The van der Waals surface area contributed by atoms with Crippen LogP contribution >= 0.6 is 0 Å². The average molecular weight is 194 g/mol. The van der Waals surface area contributed by atoms with Crippen LogP contribution in [-0.4, -0.2) is 36.2 Å². The smallest absolute Gasteiger partial charge is 0.137 e. The van der Waals surface area contributed by atoms with Gasteiger partial charge in [-0.1, -0.05) is 6.42 Å². The van der Waals surface area contributed by atoms with Crippen LogP contribution in [0.15, 0.2) is 0 Å². The van der Waals surface area contributed by atoms with Crippen molar-refractivity contribution >= 4 is 0 Å². The minimum Gasteiger partial charge on any atom is -0.375 e. The van der Waals surface area contributed by atoms with Gasteiger partial charge in [-0.15, -0.1) is 0 Å². The third kappa shape index (κ3) is 1.43. The molecule has 0 aliphatic carbocycles. The Hall–Kier alpha value is -0.590. The van der Waals surface area contributed by atoms with Crippen molar-refractivity contribution in [2.45, 2.75) is 44.2 Å². The Bertz CT molecular complexity index is 242. The molecule has 0 bridgehead atoms. The molecule has 2 atom stereocenters. The van der Waals surface area contributed by atoms with E-state index in [1.165, 1.54) is 19.3 Å². The summed E-state index contributed by atoms with van der Waals surface area (Å²) in [7, 11) is 0. The summed E-state index contributed by atoms with van der Waals surface area (Å²) in [5.41, 5.74) is -0.319. The van der Waals surface area contributed by atoms with Crippen LogP contribution in [0, 0.1) is 11.3 Å². The summed E-state index contributed by atoms with van der Waals surface area (Å²) in [6.45, 7) is 4.92. The Labute approximate surface area is 85.6 Å². The van der Waals surface area contributed by atoms with Gasteiger partial charge in [-0.2, -0.15) is 5.26 Å². The van der Waals surface area contributed by atoms with E-state index in [2.05, 4.69) is 11.0 Å². The first kappa shape index (κ1) is 9.95. The summed E-state index contributed by atoms with van der Waals surface area (Å²) in [6.07, 6.45) is 4.73. The van der Waals surface area contributed by atoms with Crippen molar-refractivity contribution in [1.82, 2.24) is 4.90 Å². The first-order valence-electron chi connectivity index (χ1n) is 5.57. The first-order chi connectivity index (χ1) is 6.79. The van der Waals surface area contributed by atoms with Crippen LogP contribution in [0.1, 0.15) is 32.6 Å². The molecule has 2 fully saturated rings. The van der Waals surface area contributed by atoms with Crippen LogP contribution in [0.3, 0.4) is 0 Å². The lowest BCUT2D eigenvalue weighted by Crippen LogP contribution is -2.54. The van der Waals surface area contributed by atoms with Gasteiger partial charge in [0.05, 0.1) is 12.2 Å². The highest BCUT2D eigenvalue weighted by atomic mass is 16.5. The summed E-state index contributed by atoms with van der Waals surface area (Å²) < 4.78 is 5.55. The minimum absolute atomic E-state index is 0.0746. The Morgan fingerprint density at radius 2 is 2.07 bits per heavy atom. The minimum atomic E-state index is -0.319. The van der Waals surface area contributed by atoms with E-state index in [0.717, 1.165) is 26.1 Å². The van der Waals surface area contributed by atoms with Crippen LogP contribution in [0.5, 0.6) is 0 Å². The zero-order valence-corrected chi connectivity index (χ0v) is 8.83. The molecule has 2 aliphatic heterocycles. The molecule has 0 aromatic rings. The lowest BCUT2D eigenvalue weighted by molar-refractivity contribution is 0.0313. The van der Waals surface area contributed by atoms with Crippen LogP contribution in [-0.2, 0) is 4.74 Å². The quantitative estimate of drug-likeness (QED) is 0.635. The summed E-state index contributed by atoms with van der Waals surface area (Å²) in [5, 5.41) is 9.37. The Morgan fingerprint density at radius 1 is 1.36 bits per heavy atom. The number of piperidine rings is 1. The van der Waals surface area contributed by atoms with Gasteiger partial charge in [0.1, 0.15) is 5.54 Å². The number of hydrogen-bond donors (Lipinski definition) is 0. The summed E-state index contributed by atoms with van der Waals surface area (Å²) in [4.78, 5) is 2.34. The van der Waals surface area contributed by atoms with E-state index in [1.807, 2.05) is 6.92 Å². The van der Waals surface area contributed by atoms with E-state index in [4.69, 9.17) is 4.74 Å². The van der Waals surface area contributed by atoms with Crippen molar-refractivity contribution in [3.63, 3.8) is 0 Å². The molecule has 3 nitrogen and oxygen atoms in total. The predicted molar refractivity (Wildman–Crippen MR) is 53.8 cm³/mol. The van der Waals surface area contributed by atoms with Gasteiger partial charge >= 0.3 is 0 Å². The standard InChI is InChI=1S/C11H18N2O/c1-10-11(9-12,5-8-14-10)13-6-3-2-4-7-13/h10H,2-8H2,1H3. The maximum Gasteiger partial charge on any atom is 0.137 e.